The molecule has 0 fully saturated rings. The summed E-state index contributed by atoms with van der Waals surface area (Å²) in [6.45, 7) is 6.02. The van der Waals surface area contributed by atoms with Gasteiger partial charge in [0.1, 0.15) is 11.9 Å². The standard InChI is InChI=1S/C21H31N5O2.HI/c1-6-22-21(25-15-17-11-12-23-20(13-17)26(3)4)24-14-16(2)28-19-10-8-7-9-18(19)27-5;/h7-13,16H,6,14-15H2,1-5H3,(H2,22,24,25);1H. The number of ether oxygens (including phenoxy) is 2. The van der Waals surface area contributed by atoms with E-state index in [-0.39, 0.29) is 30.1 Å². The van der Waals surface area contributed by atoms with Gasteiger partial charge in [-0.2, -0.15) is 0 Å². The number of rotatable bonds is 9. The summed E-state index contributed by atoms with van der Waals surface area (Å²) in [5, 5.41) is 6.60. The van der Waals surface area contributed by atoms with E-state index in [1.54, 1.807) is 7.11 Å². The Morgan fingerprint density at radius 2 is 1.90 bits per heavy atom. The van der Waals surface area contributed by atoms with Gasteiger partial charge in [0.05, 0.1) is 20.2 Å². The summed E-state index contributed by atoms with van der Waals surface area (Å²) in [5.74, 6) is 3.13. The Bertz CT molecular complexity index is 770. The third-order valence-corrected chi connectivity index (χ3v) is 3.99. The molecule has 0 spiro atoms. The fraction of sp³-hybridized carbons (Fsp3) is 0.429. The lowest BCUT2D eigenvalue weighted by molar-refractivity contribution is 0.213. The van der Waals surface area contributed by atoms with Crippen LogP contribution < -0.4 is 25.0 Å². The summed E-state index contributed by atoms with van der Waals surface area (Å²) in [7, 11) is 5.59. The average Bonchev–Trinajstić information content (AvgIpc) is 2.70. The average molecular weight is 513 g/mol. The van der Waals surface area contributed by atoms with Crippen molar-refractivity contribution in [3.63, 3.8) is 0 Å². The summed E-state index contributed by atoms with van der Waals surface area (Å²) in [6, 6.07) is 11.7. The fourth-order valence-electron chi connectivity index (χ4n) is 2.53. The van der Waals surface area contributed by atoms with Gasteiger partial charge in [-0.3, -0.25) is 0 Å². The number of pyridine rings is 1. The van der Waals surface area contributed by atoms with Gasteiger partial charge in [-0.15, -0.1) is 24.0 Å². The van der Waals surface area contributed by atoms with Gasteiger partial charge in [0.2, 0.25) is 0 Å². The van der Waals surface area contributed by atoms with E-state index in [0.29, 0.717) is 13.1 Å². The lowest BCUT2D eigenvalue weighted by Gasteiger charge is -2.19. The molecule has 1 atom stereocenters. The minimum Gasteiger partial charge on any atom is -0.493 e. The van der Waals surface area contributed by atoms with E-state index in [1.807, 2.05) is 75.4 Å². The van der Waals surface area contributed by atoms with Crippen LogP contribution in [0, 0.1) is 0 Å². The van der Waals surface area contributed by atoms with E-state index in [9.17, 15) is 0 Å². The van der Waals surface area contributed by atoms with Crippen LogP contribution in [-0.4, -0.2) is 51.3 Å². The minimum absolute atomic E-state index is 0. The first-order valence-electron chi connectivity index (χ1n) is 9.47. The Morgan fingerprint density at radius 1 is 1.17 bits per heavy atom. The van der Waals surface area contributed by atoms with Gasteiger partial charge >= 0.3 is 0 Å². The molecule has 0 saturated heterocycles. The molecular formula is C21H32IN5O2. The molecule has 29 heavy (non-hydrogen) atoms. The summed E-state index contributed by atoms with van der Waals surface area (Å²) < 4.78 is 11.3. The van der Waals surface area contributed by atoms with Crippen LogP contribution in [0.5, 0.6) is 11.5 Å². The monoisotopic (exact) mass is 513 g/mol. The molecule has 0 aliphatic heterocycles. The number of aromatic nitrogens is 1. The van der Waals surface area contributed by atoms with E-state index >= 15 is 0 Å². The molecule has 0 radical (unpaired) electrons. The molecule has 160 valence electrons. The van der Waals surface area contributed by atoms with E-state index < -0.39 is 0 Å². The SMILES string of the molecule is CCNC(=NCc1ccnc(N(C)C)c1)NCC(C)Oc1ccccc1OC.I. The van der Waals surface area contributed by atoms with E-state index in [1.165, 1.54) is 0 Å². The van der Waals surface area contributed by atoms with E-state index in [4.69, 9.17) is 9.47 Å². The maximum absolute atomic E-state index is 5.99. The number of methoxy groups -OCH3 is 1. The van der Waals surface area contributed by atoms with Crippen LogP contribution in [0.15, 0.2) is 47.6 Å². The molecule has 8 heteroatoms. The zero-order chi connectivity index (χ0) is 20.4. The maximum Gasteiger partial charge on any atom is 0.191 e. The van der Waals surface area contributed by atoms with Gasteiger partial charge in [0, 0.05) is 26.8 Å². The summed E-state index contributed by atoms with van der Waals surface area (Å²) in [6.07, 6.45) is 1.75. The molecule has 0 saturated carbocycles. The predicted octanol–water partition coefficient (Wildman–Crippen LogP) is 3.30. The molecular weight excluding hydrogens is 481 g/mol. The lowest BCUT2D eigenvalue weighted by Crippen LogP contribution is -2.41. The number of nitrogens with one attached hydrogen (secondary N) is 2. The molecule has 1 unspecified atom stereocenters. The Hall–Kier alpha value is -2.23. The Kier molecular flexibility index (Phi) is 11.2. The molecule has 1 heterocycles. The first-order chi connectivity index (χ1) is 13.5. The number of guanidine groups is 1. The molecule has 2 N–H and O–H groups in total. The van der Waals surface area contributed by atoms with Crippen molar-refractivity contribution in [1.82, 2.24) is 15.6 Å². The molecule has 0 aliphatic carbocycles. The van der Waals surface area contributed by atoms with Gasteiger partial charge in [-0.25, -0.2) is 9.98 Å². The normalized spacial score (nSPS) is 11.8. The predicted molar refractivity (Wildman–Crippen MR) is 130 cm³/mol. The number of benzene rings is 1. The second-order valence-corrected chi connectivity index (χ2v) is 6.57. The van der Waals surface area contributed by atoms with Crippen LogP contribution in [0.25, 0.3) is 0 Å². The molecule has 2 rings (SSSR count). The van der Waals surface area contributed by atoms with E-state index in [0.717, 1.165) is 35.4 Å². The zero-order valence-electron chi connectivity index (χ0n) is 17.8. The van der Waals surface area contributed by atoms with Gasteiger partial charge < -0.3 is 25.0 Å². The number of para-hydroxylation sites is 2. The van der Waals surface area contributed by atoms with Gasteiger partial charge in [0.15, 0.2) is 17.5 Å². The van der Waals surface area contributed by atoms with Crippen LogP contribution in [0.4, 0.5) is 5.82 Å². The highest BCUT2D eigenvalue weighted by Crippen LogP contribution is 2.26. The van der Waals surface area contributed by atoms with Crippen molar-refractivity contribution in [2.45, 2.75) is 26.5 Å². The van der Waals surface area contributed by atoms with Crippen LogP contribution >= 0.6 is 24.0 Å². The smallest absolute Gasteiger partial charge is 0.191 e. The third-order valence-electron chi connectivity index (χ3n) is 3.99. The molecule has 2 aromatic rings. The Morgan fingerprint density at radius 3 is 2.55 bits per heavy atom. The van der Waals surface area contributed by atoms with Crippen molar-refractivity contribution in [1.29, 1.82) is 0 Å². The number of anilines is 1. The van der Waals surface area contributed by atoms with Gasteiger partial charge in [-0.05, 0) is 43.7 Å². The summed E-state index contributed by atoms with van der Waals surface area (Å²) >= 11 is 0. The fourth-order valence-corrected chi connectivity index (χ4v) is 2.53. The maximum atomic E-state index is 5.99. The van der Waals surface area contributed by atoms with E-state index in [2.05, 4.69) is 20.6 Å². The second-order valence-electron chi connectivity index (χ2n) is 6.57. The molecule has 1 aromatic heterocycles. The van der Waals surface area contributed by atoms with Crippen molar-refractivity contribution in [2.75, 3.05) is 39.2 Å². The second kappa shape index (κ2) is 13.1. The van der Waals surface area contributed by atoms with Crippen LogP contribution in [0.3, 0.4) is 0 Å². The minimum atomic E-state index is -0.0542. The Balaban J connectivity index is 0.00000420. The lowest BCUT2D eigenvalue weighted by atomic mass is 10.2. The quantitative estimate of drug-likeness (QED) is 0.305. The molecule has 0 bridgehead atoms. The van der Waals surface area contributed by atoms with Crippen LogP contribution in [0.2, 0.25) is 0 Å². The number of hydrogen-bond acceptors (Lipinski definition) is 5. The van der Waals surface area contributed by atoms with Gasteiger partial charge in [0.25, 0.3) is 0 Å². The van der Waals surface area contributed by atoms with Crippen molar-refractivity contribution in [2.24, 2.45) is 4.99 Å². The molecule has 1 aromatic carbocycles. The van der Waals surface area contributed by atoms with Crippen LogP contribution in [0.1, 0.15) is 19.4 Å². The zero-order valence-corrected chi connectivity index (χ0v) is 20.1. The number of nitrogens with zero attached hydrogens (tertiary/aromatic N) is 3. The number of halogens is 1. The first-order valence-corrected chi connectivity index (χ1v) is 9.47. The van der Waals surface area contributed by atoms with Crippen LogP contribution in [-0.2, 0) is 6.54 Å². The largest absolute Gasteiger partial charge is 0.493 e. The highest BCUT2D eigenvalue weighted by atomic mass is 127. The summed E-state index contributed by atoms with van der Waals surface area (Å²) in [5.41, 5.74) is 1.11. The number of hydrogen-bond donors (Lipinski definition) is 2. The molecule has 0 aliphatic rings. The molecule has 7 nitrogen and oxygen atoms in total. The first kappa shape index (κ1) is 24.8. The van der Waals surface area contributed by atoms with Crippen molar-refractivity contribution < 1.29 is 9.47 Å². The molecule has 0 amide bonds. The Labute approximate surface area is 190 Å². The number of aliphatic imine (C=N–C) groups is 1. The van der Waals surface area contributed by atoms with Crippen molar-refractivity contribution in [3.8, 4) is 11.5 Å². The third kappa shape index (κ3) is 8.35. The highest BCUT2D eigenvalue weighted by molar-refractivity contribution is 14.0. The van der Waals surface area contributed by atoms with Crippen molar-refractivity contribution in [3.05, 3.63) is 48.2 Å². The van der Waals surface area contributed by atoms with Gasteiger partial charge in [-0.1, -0.05) is 12.1 Å². The highest BCUT2D eigenvalue weighted by Gasteiger charge is 2.09. The van der Waals surface area contributed by atoms with Crippen molar-refractivity contribution >= 4 is 35.8 Å². The topological polar surface area (TPSA) is 71.0 Å². The summed E-state index contributed by atoms with van der Waals surface area (Å²) in [4.78, 5) is 11.0.